The molecule has 0 aliphatic heterocycles. The molecule has 0 fully saturated rings. The molecule has 0 aliphatic carbocycles. The van der Waals surface area contributed by atoms with Crippen molar-refractivity contribution in [1.82, 2.24) is 20.3 Å². The second-order valence-corrected chi connectivity index (χ2v) is 4.94. The highest BCUT2D eigenvalue weighted by Gasteiger charge is 2.12. The van der Waals surface area contributed by atoms with Crippen LogP contribution in [0.1, 0.15) is 26.0 Å². The summed E-state index contributed by atoms with van der Waals surface area (Å²) in [5.74, 6) is 0. The number of hydrogen-bond acceptors (Lipinski definition) is 4. The van der Waals surface area contributed by atoms with Crippen LogP contribution in [0.5, 0.6) is 0 Å². The first kappa shape index (κ1) is 17.6. The molecule has 0 saturated carbocycles. The van der Waals surface area contributed by atoms with Crippen molar-refractivity contribution < 1.29 is 5.11 Å². The second kappa shape index (κ2) is 8.77. The van der Waals surface area contributed by atoms with Gasteiger partial charge >= 0.3 is 0 Å². The van der Waals surface area contributed by atoms with Gasteiger partial charge in [-0.25, -0.2) is 0 Å². The highest BCUT2D eigenvalue weighted by atomic mass is 35.5. The van der Waals surface area contributed by atoms with Crippen molar-refractivity contribution in [3.05, 3.63) is 36.0 Å². The van der Waals surface area contributed by atoms with E-state index < -0.39 is 0 Å². The summed E-state index contributed by atoms with van der Waals surface area (Å²) in [7, 11) is 0. The Kier molecular flexibility index (Phi) is 7.36. The average Bonchev–Trinajstić information content (AvgIpc) is 2.83. The zero-order chi connectivity index (χ0) is 14.4. The molecule has 0 saturated heterocycles. The van der Waals surface area contributed by atoms with Gasteiger partial charge in [-0.2, -0.15) is 15.0 Å². The van der Waals surface area contributed by atoms with Gasteiger partial charge in [0.05, 0.1) is 12.6 Å². The topological polar surface area (TPSA) is 63.0 Å². The predicted molar refractivity (Wildman–Crippen MR) is 86.4 cm³/mol. The Bertz CT molecular complexity index is 528. The van der Waals surface area contributed by atoms with E-state index in [0.717, 1.165) is 29.9 Å². The summed E-state index contributed by atoms with van der Waals surface area (Å²) in [5, 5.41) is 21.6. The van der Waals surface area contributed by atoms with Crippen LogP contribution in [0.15, 0.2) is 30.3 Å². The summed E-state index contributed by atoms with van der Waals surface area (Å²) in [6, 6.07) is 10.1. The highest BCUT2D eigenvalue weighted by molar-refractivity contribution is 5.85. The van der Waals surface area contributed by atoms with Crippen LogP contribution in [0.2, 0.25) is 0 Å². The summed E-state index contributed by atoms with van der Waals surface area (Å²) >= 11 is 0. The number of aliphatic hydroxyl groups is 1. The van der Waals surface area contributed by atoms with Crippen molar-refractivity contribution >= 4 is 12.4 Å². The molecule has 0 spiro atoms. The minimum atomic E-state index is -0.360. The minimum absolute atomic E-state index is 0. The lowest BCUT2D eigenvalue weighted by Crippen LogP contribution is -2.24. The number of nitrogens with zero attached hydrogens (tertiary/aromatic N) is 3. The lowest BCUT2D eigenvalue weighted by atomic mass is 10.1. The molecule has 116 valence electrons. The fourth-order valence-corrected chi connectivity index (χ4v) is 2.02. The van der Waals surface area contributed by atoms with Crippen LogP contribution in [-0.2, 0) is 13.1 Å². The van der Waals surface area contributed by atoms with E-state index in [1.54, 1.807) is 11.7 Å². The molecule has 0 radical (unpaired) electrons. The van der Waals surface area contributed by atoms with Crippen molar-refractivity contribution in [2.75, 3.05) is 6.54 Å². The van der Waals surface area contributed by atoms with Gasteiger partial charge in [-0.05, 0) is 13.3 Å². The molecule has 2 rings (SSSR count). The lowest BCUT2D eigenvalue weighted by Gasteiger charge is -2.05. The Labute approximate surface area is 131 Å². The van der Waals surface area contributed by atoms with Gasteiger partial charge < -0.3 is 10.4 Å². The van der Waals surface area contributed by atoms with Crippen LogP contribution < -0.4 is 5.32 Å². The Morgan fingerprint density at radius 3 is 2.57 bits per heavy atom. The van der Waals surface area contributed by atoms with E-state index in [1.165, 1.54) is 0 Å². The normalized spacial score (nSPS) is 12.0. The van der Waals surface area contributed by atoms with E-state index in [1.807, 2.05) is 30.3 Å². The molecule has 0 amide bonds. The van der Waals surface area contributed by atoms with Crippen LogP contribution in [0, 0.1) is 0 Å². The average molecular weight is 311 g/mol. The van der Waals surface area contributed by atoms with E-state index in [9.17, 15) is 5.11 Å². The van der Waals surface area contributed by atoms with Gasteiger partial charge in [-0.3, -0.25) is 0 Å². The molecular weight excluding hydrogens is 288 g/mol. The van der Waals surface area contributed by atoms with Crippen molar-refractivity contribution in [3.8, 4) is 11.3 Å². The molecule has 1 aromatic heterocycles. The summed E-state index contributed by atoms with van der Waals surface area (Å²) in [4.78, 5) is 1.75. The van der Waals surface area contributed by atoms with Crippen molar-refractivity contribution in [2.45, 2.75) is 39.5 Å². The Balaban J connectivity index is 0.00000220. The van der Waals surface area contributed by atoms with Crippen LogP contribution in [0.4, 0.5) is 0 Å². The van der Waals surface area contributed by atoms with E-state index in [4.69, 9.17) is 0 Å². The molecule has 1 unspecified atom stereocenters. The largest absolute Gasteiger partial charge is 0.392 e. The van der Waals surface area contributed by atoms with Gasteiger partial charge in [0.1, 0.15) is 11.4 Å². The number of aliphatic hydroxyl groups excluding tert-OH is 1. The SMILES string of the molecule is CCCn1nc(CNCC(C)O)c(-c2ccccc2)n1.Cl. The maximum absolute atomic E-state index is 9.30. The van der Waals surface area contributed by atoms with E-state index >= 15 is 0 Å². The Hall–Kier alpha value is -1.43. The fraction of sp³-hybridized carbons (Fsp3) is 0.467. The standard InChI is InChI=1S/C15H22N4O.ClH/c1-3-9-19-17-14(11-16-10-12(2)20)15(18-19)13-7-5-4-6-8-13;/h4-8,12,16,20H,3,9-11H2,1-2H3;1H. The summed E-state index contributed by atoms with van der Waals surface area (Å²) < 4.78 is 0. The Morgan fingerprint density at radius 2 is 1.95 bits per heavy atom. The van der Waals surface area contributed by atoms with Gasteiger partial charge in [0.25, 0.3) is 0 Å². The summed E-state index contributed by atoms with van der Waals surface area (Å²) in [5.41, 5.74) is 2.91. The molecule has 1 heterocycles. The van der Waals surface area contributed by atoms with Crippen LogP contribution in [0.3, 0.4) is 0 Å². The number of nitrogens with one attached hydrogen (secondary N) is 1. The third-order valence-electron chi connectivity index (χ3n) is 2.93. The van der Waals surface area contributed by atoms with Gasteiger partial charge in [0.15, 0.2) is 0 Å². The van der Waals surface area contributed by atoms with E-state index in [0.29, 0.717) is 13.1 Å². The number of halogens is 1. The molecule has 2 aromatic rings. The third kappa shape index (κ3) is 5.12. The van der Waals surface area contributed by atoms with Gasteiger partial charge in [0, 0.05) is 18.7 Å². The molecule has 1 aromatic carbocycles. The van der Waals surface area contributed by atoms with Gasteiger partial charge in [-0.15, -0.1) is 12.4 Å². The van der Waals surface area contributed by atoms with Gasteiger partial charge in [-0.1, -0.05) is 37.3 Å². The number of aromatic nitrogens is 3. The predicted octanol–water partition coefficient (Wildman–Crippen LogP) is 2.25. The minimum Gasteiger partial charge on any atom is -0.392 e. The molecule has 6 heteroatoms. The molecule has 2 N–H and O–H groups in total. The molecule has 0 aliphatic rings. The van der Waals surface area contributed by atoms with Crippen molar-refractivity contribution in [1.29, 1.82) is 0 Å². The van der Waals surface area contributed by atoms with Crippen molar-refractivity contribution in [2.24, 2.45) is 0 Å². The first-order valence-electron chi connectivity index (χ1n) is 7.09. The highest BCUT2D eigenvalue weighted by Crippen LogP contribution is 2.19. The number of benzene rings is 1. The first-order chi connectivity index (χ1) is 9.70. The number of rotatable bonds is 7. The van der Waals surface area contributed by atoms with Crippen molar-refractivity contribution in [3.63, 3.8) is 0 Å². The quantitative estimate of drug-likeness (QED) is 0.823. The maximum Gasteiger partial charge on any atom is 0.117 e. The smallest absolute Gasteiger partial charge is 0.117 e. The number of aryl methyl sites for hydroxylation is 1. The monoisotopic (exact) mass is 310 g/mol. The van der Waals surface area contributed by atoms with Crippen LogP contribution >= 0.6 is 12.4 Å². The van der Waals surface area contributed by atoms with E-state index in [2.05, 4.69) is 22.4 Å². The molecular formula is C15H23ClN4O. The lowest BCUT2D eigenvalue weighted by molar-refractivity contribution is 0.191. The van der Waals surface area contributed by atoms with Crippen LogP contribution in [0.25, 0.3) is 11.3 Å². The first-order valence-corrected chi connectivity index (χ1v) is 7.09. The molecule has 1 atom stereocenters. The zero-order valence-electron chi connectivity index (χ0n) is 12.5. The molecule has 5 nitrogen and oxygen atoms in total. The maximum atomic E-state index is 9.30. The zero-order valence-corrected chi connectivity index (χ0v) is 13.3. The summed E-state index contributed by atoms with van der Waals surface area (Å²) in [6.45, 7) is 5.85. The fourth-order valence-electron chi connectivity index (χ4n) is 2.02. The molecule has 0 bridgehead atoms. The van der Waals surface area contributed by atoms with Crippen LogP contribution in [-0.4, -0.2) is 32.7 Å². The second-order valence-electron chi connectivity index (χ2n) is 4.94. The third-order valence-corrected chi connectivity index (χ3v) is 2.93. The summed E-state index contributed by atoms with van der Waals surface area (Å²) in [6.07, 6.45) is 0.643. The number of hydrogen-bond donors (Lipinski definition) is 2. The van der Waals surface area contributed by atoms with Gasteiger partial charge in [0.2, 0.25) is 0 Å². The molecule has 21 heavy (non-hydrogen) atoms. The van der Waals surface area contributed by atoms with E-state index in [-0.39, 0.29) is 18.5 Å². The Morgan fingerprint density at radius 1 is 1.24 bits per heavy atom.